The molecule has 0 atom stereocenters. The molecule has 0 saturated heterocycles. The Balaban J connectivity index is 2.97. The molecule has 0 aliphatic rings. The summed E-state index contributed by atoms with van der Waals surface area (Å²) in [6.45, 7) is 2.82. The summed E-state index contributed by atoms with van der Waals surface area (Å²) in [7, 11) is 0. The van der Waals surface area contributed by atoms with Gasteiger partial charge in [0.2, 0.25) is 0 Å². The molecule has 0 aromatic heterocycles. The highest BCUT2D eigenvalue weighted by molar-refractivity contribution is 9.08. The van der Waals surface area contributed by atoms with Gasteiger partial charge in [0, 0.05) is 6.54 Å². The zero-order chi connectivity index (χ0) is 7.11. The van der Waals surface area contributed by atoms with Crippen LogP contribution in [-0.2, 0) is 0 Å². The third kappa shape index (κ3) is 5.62. The fourth-order valence-corrected chi connectivity index (χ4v) is 0.552. The molecule has 0 heterocycles. The number of rotatable bonds is 3. The molecule has 4 heteroatoms. The van der Waals surface area contributed by atoms with Crippen LogP contribution in [0.2, 0.25) is 0 Å². The number of hydrogen-bond acceptors (Lipinski definition) is 1. The molecule has 0 radical (unpaired) electrons. The fraction of sp³-hybridized carbons (Fsp3) is 0.800. The molecule has 0 unspecified atom stereocenters. The van der Waals surface area contributed by atoms with Gasteiger partial charge in [-0.3, -0.25) is 4.34 Å². The maximum absolute atomic E-state index is 10.4. The van der Waals surface area contributed by atoms with Crippen molar-refractivity contribution >= 4 is 22.2 Å². The highest BCUT2D eigenvalue weighted by atomic mass is 79.9. The van der Waals surface area contributed by atoms with Crippen molar-refractivity contribution in [3.63, 3.8) is 0 Å². The lowest BCUT2D eigenvalue weighted by Gasteiger charge is -1.99. The first-order valence-corrected chi connectivity index (χ1v) is 3.75. The van der Waals surface area contributed by atoms with Crippen molar-refractivity contribution in [2.75, 3.05) is 6.54 Å². The molecule has 0 aromatic carbocycles. The van der Waals surface area contributed by atoms with Crippen LogP contribution in [-0.4, -0.2) is 12.6 Å². The van der Waals surface area contributed by atoms with E-state index in [9.17, 15) is 4.79 Å². The van der Waals surface area contributed by atoms with Gasteiger partial charge in [0.25, 0.3) is 0 Å². The second-order valence-corrected chi connectivity index (χ2v) is 2.10. The molecule has 3 nitrogen and oxygen atoms in total. The lowest BCUT2D eigenvalue weighted by Crippen LogP contribution is -2.30. The van der Waals surface area contributed by atoms with Crippen LogP contribution in [0.5, 0.6) is 0 Å². The van der Waals surface area contributed by atoms with Crippen molar-refractivity contribution in [2.45, 2.75) is 19.8 Å². The molecule has 0 bridgehead atoms. The lowest BCUT2D eigenvalue weighted by atomic mass is 10.3. The van der Waals surface area contributed by atoms with Crippen LogP contribution >= 0.6 is 16.1 Å². The Bertz CT molecular complexity index is 87.0. The molecule has 0 rings (SSSR count). The zero-order valence-electron chi connectivity index (χ0n) is 5.41. The summed E-state index contributed by atoms with van der Waals surface area (Å²) in [5.41, 5.74) is 0. The molecular formula is C5H11BrN2O. The van der Waals surface area contributed by atoms with Crippen LogP contribution in [0.3, 0.4) is 0 Å². The number of halogens is 1. The van der Waals surface area contributed by atoms with Crippen LogP contribution < -0.4 is 9.66 Å². The normalized spacial score (nSPS) is 8.67. The van der Waals surface area contributed by atoms with Crippen molar-refractivity contribution in [3.05, 3.63) is 0 Å². The molecule has 0 fully saturated rings. The van der Waals surface area contributed by atoms with Crippen LogP contribution in [0.15, 0.2) is 0 Å². The van der Waals surface area contributed by atoms with Crippen molar-refractivity contribution < 1.29 is 4.79 Å². The first-order chi connectivity index (χ1) is 4.31. The number of nitrogens with one attached hydrogen (secondary N) is 2. The van der Waals surface area contributed by atoms with E-state index < -0.39 is 0 Å². The Morgan fingerprint density at radius 2 is 2.33 bits per heavy atom. The molecule has 54 valence electrons. The second-order valence-electron chi connectivity index (χ2n) is 1.70. The minimum Gasteiger partial charge on any atom is -0.337 e. The molecule has 2 N–H and O–H groups in total. The number of carbonyl (C=O) groups is 1. The molecule has 2 amide bonds. The molecule has 0 spiro atoms. The number of hydrogen-bond donors (Lipinski definition) is 2. The summed E-state index contributed by atoms with van der Waals surface area (Å²) in [6, 6.07) is -0.177. The van der Waals surface area contributed by atoms with Crippen molar-refractivity contribution in [1.82, 2.24) is 9.66 Å². The van der Waals surface area contributed by atoms with Gasteiger partial charge >= 0.3 is 6.03 Å². The third-order valence-electron chi connectivity index (χ3n) is 0.902. The predicted octanol–water partition coefficient (Wildman–Crippen LogP) is 1.40. The minimum atomic E-state index is -0.177. The average molecular weight is 195 g/mol. The monoisotopic (exact) mass is 194 g/mol. The number of amides is 2. The highest BCUT2D eigenvalue weighted by Crippen LogP contribution is 1.82. The fourth-order valence-electron chi connectivity index (χ4n) is 0.412. The lowest BCUT2D eigenvalue weighted by molar-refractivity contribution is 0.246. The molecule has 0 aliphatic heterocycles. The quantitative estimate of drug-likeness (QED) is 0.518. The smallest absolute Gasteiger partial charge is 0.324 e. The molecule has 9 heavy (non-hydrogen) atoms. The van der Waals surface area contributed by atoms with Gasteiger partial charge in [0.15, 0.2) is 0 Å². The van der Waals surface area contributed by atoms with Crippen LogP contribution in [0.1, 0.15) is 19.8 Å². The van der Waals surface area contributed by atoms with Gasteiger partial charge in [-0.15, -0.1) is 0 Å². The van der Waals surface area contributed by atoms with Gasteiger partial charge in [-0.1, -0.05) is 13.3 Å². The molecular weight excluding hydrogens is 184 g/mol. The highest BCUT2D eigenvalue weighted by Gasteiger charge is 1.92. The predicted molar refractivity (Wildman–Crippen MR) is 40.4 cm³/mol. The number of unbranched alkanes of at least 4 members (excludes halogenated alkanes) is 1. The van der Waals surface area contributed by atoms with Gasteiger partial charge in [-0.2, -0.15) is 0 Å². The third-order valence-corrected chi connectivity index (χ3v) is 1.26. The molecule has 0 saturated carbocycles. The number of carbonyl (C=O) groups excluding carboxylic acids is 1. The Morgan fingerprint density at radius 3 is 2.78 bits per heavy atom. The number of urea groups is 1. The van der Waals surface area contributed by atoms with Gasteiger partial charge < -0.3 is 5.32 Å². The topological polar surface area (TPSA) is 41.1 Å². The summed E-state index contributed by atoms with van der Waals surface area (Å²) >= 11 is 2.80. The summed E-state index contributed by atoms with van der Waals surface area (Å²) < 4.78 is 2.29. The first kappa shape index (κ1) is 8.75. The van der Waals surface area contributed by atoms with E-state index in [4.69, 9.17) is 0 Å². The maximum Gasteiger partial charge on any atom is 0.324 e. The Morgan fingerprint density at radius 1 is 1.67 bits per heavy atom. The van der Waals surface area contributed by atoms with E-state index in [0.717, 1.165) is 19.4 Å². The van der Waals surface area contributed by atoms with Gasteiger partial charge in [-0.05, 0) is 6.42 Å². The standard InChI is InChI=1S/C5H11BrN2O/c1-2-3-4-7-5(9)8-6/h2-4H2,1H3,(H2,7,8,9). The first-order valence-electron chi connectivity index (χ1n) is 2.95. The summed E-state index contributed by atoms with van der Waals surface area (Å²) in [5.74, 6) is 0. The summed E-state index contributed by atoms with van der Waals surface area (Å²) in [5, 5.41) is 2.64. The average Bonchev–Trinajstić information content (AvgIpc) is 1.89. The SMILES string of the molecule is CCCCNC(=O)NBr. The van der Waals surface area contributed by atoms with Gasteiger partial charge in [0.05, 0.1) is 16.1 Å². The largest absolute Gasteiger partial charge is 0.337 e. The summed E-state index contributed by atoms with van der Waals surface area (Å²) in [4.78, 5) is 10.4. The minimum absolute atomic E-state index is 0.177. The second kappa shape index (κ2) is 5.88. The van der Waals surface area contributed by atoms with Crippen LogP contribution in [0.4, 0.5) is 4.79 Å². The van der Waals surface area contributed by atoms with Crippen molar-refractivity contribution in [1.29, 1.82) is 0 Å². The van der Waals surface area contributed by atoms with E-state index in [0.29, 0.717) is 0 Å². The van der Waals surface area contributed by atoms with Gasteiger partial charge in [-0.25, -0.2) is 4.79 Å². The maximum atomic E-state index is 10.4. The van der Waals surface area contributed by atoms with E-state index in [1.807, 2.05) is 0 Å². The Labute approximate surface area is 63.5 Å². The molecule has 0 aromatic rings. The van der Waals surface area contributed by atoms with Crippen LogP contribution in [0, 0.1) is 0 Å². The van der Waals surface area contributed by atoms with E-state index >= 15 is 0 Å². The van der Waals surface area contributed by atoms with Crippen molar-refractivity contribution in [3.8, 4) is 0 Å². The Kier molecular flexibility index (Phi) is 5.72. The Hall–Kier alpha value is -0.250. The molecule has 0 aliphatic carbocycles. The van der Waals surface area contributed by atoms with Gasteiger partial charge in [0.1, 0.15) is 0 Å². The van der Waals surface area contributed by atoms with E-state index in [1.165, 1.54) is 0 Å². The van der Waals surface area contributed by atoms with Crippen molar-refractivity contribution in [2.24, 2.45) is 0 Å². The van der Waals surface area contributed by atoms with E-state index in [-0.39, 0.29) is 6.03 Å². The van der Waals surface area contributed by atoms with E-state index in [1.54, 1.807) is 0 Å². The van der Waals surface area contributed by atoms with Crippen LogP contribution in [0.25, 0.3) is 0 Å². The zero-order valence-corrected chi connectivity index (χ0v) is 6.99. The summed E-state index contributed by atoms with van der Waals surface area (Å²) in [6.07, 6.45) is 2.13. The van der Waals surface area contributed by atoms with E-state index in [2.05, 4.69) is 32.7 Å².